The Hall–Kier alpha value is -4.01. The summed E-state index contributed by atoms with van der Waals surface area (Å²) in [5, 5.41) is 13.3. The van der Waals surface area contributed by atoms with Crippen LogP contribution in [-0.2, 0) is 23.9 Å². The SMILES string of the molecule is CCOC(=O)C[C@@H](C(=O)OCC)[C@@H](NC(=O)c1c2ccccc2nc2ccccc12)C(=O)O. The second-order valence-electron chi connectivity index (χ2n) is 7.18. The van der Waals surface area contributed by atoms with Gasteiger partial charge in [0.25, 0.3) is 5.91 Å². The number of aromatic nitrogens is 1. The number of amides is 1. The number of pyridine rings is 1. The fraction of sp³-hybridized carbons (Fsp3) is 0.292. The largest absolute Gasteiger partial charge is 0.480 e. The van der Waals surface area contributed by atoms with Crippen molar-refractivity contribution in [2.24, 2.45) is 5.92 Å². The molecule has 1 aromatic heterocycles. The van der Waals surface area contributed by atoms with E-state index < -0.39 is 42.2 Å². The molecule has 0 aliphatic heterocycles. The minimum atomic E-state index is -1.72. The number of rotatable bonds is 9. The van der Waals surface area contributed by atoms with E-state index in [-0.39, 0.29) is 18.8 Å². The Labute approximate surface area is 189 Å². The summed E-state index contributed by atoms with van der Waals surface area (Å²) < 4.78 is 9.85. The summed E-state index contributed by atoms with van der Waals surface area (Å²) >= 11 is 0. The van der Waals surface area contributed by atoms with Crippen LogP contribution in [-0.4, -0.2) is 53.2 Å². The standard InChI is InChI=1S/C24H24N2O7/c1-3-32-19(27)13-16(24(31)33-4-2)21(23(29)30)26-22(28)20-14-9-5-7-11-17(14)25-18-12-8-6-10-15(18)20/h5-12,16,21H,3-4,13H2,1-2H3,(H,26,28)(H,29,30)/t16-,21-/m1/s1. The van der Waals surface area contributed by atoms with E-state index in [9.17, 15) is 24.3 Å². The van der Waals surface area contributed by atoms with Gasteiger partial charge in [0.15, 0.2) is 0 Å². The molecule has 33 heavy (non-hydrogen) atoms. The summed E-state index contributed by atoms with van der Waals surface area (Å²) in [6.45, 7) is 3.20. The molecule has 2 N–H and O–H groups in total. The van der Waals surface area contributed by atoms with Gasteiger partial charge in [-0.2, -0.15) is 0 Å². The number of hydrogen-bond acceptors (Lipinski definition) is 7. The number of esters is 2. The summed E-state index contributed by atoms with van der Waals surface area (Å²) in [6, 6.07) is 12.2. The average Bonchev–Trinajstić information content (AvgIpc) is 2.79. The van der Waals surface area contributed by atoms with Gasteiger partial charge >= 0.3 is 17.9 Å². The Morgan fingerprint density at radius 2 is 1.45 bits per heavy atom. The van der Waals surface area contributed by atoms with Gasteiger partial charge in [0, 0.05) is 10.8 Å². The highest BCUT2D eigenvalue weighted by atomic mass is 16.5. The van der Waals surface area contributed by atoms with Gasteiger partial charge in [0.05, 0.1) is 42.1 Å². The Kier molecular flexibility index (Phi) is 7.55. The Morgan fingerprint density at radius 1 is 0.909 bits per heavy atom. The molecule has 1 heterocycles. The molecule has 0 aliphatic rings. The van der Waals surface area contributed by atoms with Gasteiger partial charge in [-0.25, -0.2) is 9.78 Å². The molecule has 3 rings (SSSR count). The van der Waals surface area contributed by atoms with Crippen molar-refractivity contribution in [2.75, 3.05) is 13.2 Å². The molecule has 2 aromatic carbocycles. The topological polar surface area (TPSA) is 132 Å². The summed E-state index contributed by atoms with van der Waals surface area (Å²) in [6.07, 6.45) is -0.554. The van der Waals surface area contributed by atoms with Crippen molar-refractivity contribution in [1.29, 1.82) is 0 Å². The monoisotopic (exact) mass is 452 g/mol. The van der Waals surface area contributed by atoms with E-state index in [0.717, 1.165) is 0 Å². The molecule has 9 nitrogen and oxygen atoms in total. The first kappa shape index (κ1) is 23.6. The van der Waals surface area contributed by atoms with Crippen molar-refractivity contribution >= 4 is 45.6 Å². The van der Waals surface area contributed by atoms with E-state index in [1.165, 1.54) is 0 Å². The number of para-hydroxylation sites is 2. The lowest BCUT2D eigenvalue weighted by Gasteiger charge is -2.23. The van der Waals surface area contributed by atoms with Gasteiger partial charge in [-0.3, -0.25) is 14.4 Å². The molecular weight excluding hydrogens is 428 g/mol. The van der Waals surface area contributed by atoms with Gasteiger partial charge < -0.3 is 19.9 Å². The molecule has 0 spiro atoms. The highest BCUT2D eigenvalue weighted by Gasteiger charge is 2.38. The van der Waals surface area contributed by atoms with E-state index in [4.69, 9.17) is 9.47 Å². The van der Waals surface area contributed by atoms with E-state index in [1.54, 1.807) is 62.4 Å². The van der Waals surface area contributed by atoms with Crippen LogP contribution in [0.2, 0.25) is 0 Å². The first-order chi connectivity index (χ1) is 15.9. The zero-order valence-corrected chi connectivity index (χ0v) is 18.2. The molecule has 2 atom stereocenters. The summed E-state index contributed by atoms with van der Waals surface area (Å²) in [4.78, 5) is 54.6. The number of carbonyl (C=O) groups excluding carboxylic acids is 3. The number of fused-ring (bicyclic) bond motifs is 2. The van der Waals surface area contributed by atoms with Crippen LogP contribution < -0.4 is 5.32 Å². The fourth-order valence-electron chi connectivity index (χ4n) is 3.62. The van der Waals surface area contributed by atoms with Gasteiger partial charge in [0.2, 0.25) is 0 Å². The number of carbonyl (C=O) groups is 4. The maximum absolute atomic E-state index is 13.4. The third kappa shape index (κ3) is 5.25. The molecule has 0 radical (unpaired) electrons. The quantitative estimate of drug-likeness (QED) is 0.374. The van der Waals surface area contributed by atoms with Crippen molar-refractivity contribution < 1.29 is 33.8 Å². The van der Waals surface area contributed by atoms with Crippen LogP contribution in [0.25, 0.3) is 21.8 Å². The van der Waals surface area contributed by atoms with Crippen LogP contribution in [0.1, 0.15) is 30.6 Å². The van der Waals surface area contributed by atoms with Crippen molar-refractivity contribution in [3.05, 3.63) is 54.1 Å². The summed E-state index contributed by atoms with van der Waals surface area (Å²) in [7, 11) is 0. The fourth-order valence-corrected chi connectivity index (χ4v) is 3.62. The highest BCUT2D eigenvalue weighted by molar-refractivity contribution is 6.16. The molecule has 0 saturated carbocycles. The van der Waals surface area contributed by atoms with Crippen molar-refractivity contribution in [3.8, 4) is 0 Å². The van der Waals surface area contributed by atoms with Gasteiger partial charge in [-0.15, -0.1) is 0 Å². The Balaban J connectivity index is 2.04. The minimum absolute atomic E-state index is 0.0158. The normalized spacial score (nSPS) is 12.7. The predicted octanol–water partition coefficient (Wildman–Crippen LogP) is 2.70. The van der Waals surface area contributed by atoms with Gasteiger partial charge in [-0.1, -0.05) is 36.4 Å². The van der Waals surface area contributed by atoms with E-state index in [0.29, 0.717) is 21.8 Å². The van der Waals surface area contributed by atoms with Crippen LogP contribution in [0.15, 0.2) is 48.5 Å². The number of carboxylic acids is 1. The smallest absolute Gasteiger partial charge is 0.327 e. The van der Waals surface area contributed by atoms with Gasteiger partial charge in [-0.05, 0) is 26.0 Å². The van der Waals surface area contributed by atoms with Crippen molar-refractivity contribution in [1.82, 2.24) is 10.3 Å². The molecule has 0 aliphatic carbocycles. The molecule has 0 saturated heterocycles. The van der Waals surface area contributed by atoms with E-state index >= 15 is 0 Å². The molecule has 9 heteroatoms. The molecule has 1 amide bonds. The number of carboxylic acid groups (broad SMARTS) is 1. The third-order valence-electron chi connectivity index (χ3n) is 5.05. The first-order valence-electron chi connectivity index (χ1n) is 10.5. The Bertz CT molecular complexity index is 1150. The summed E-state index contributed by atoms with van der Waals surface area (Å²) in [5.41, 5.74) is 1.34. The zero-order chi connectivity index (χ0) is 24.0. The second-order valence-corrected chi connectivity index (χ2v) is 7.18. The maximum atomic E-state index is 13.4. The van der Waals surface area contributed by atoms with Gasteiger partial charge in [0.1, 0.15) is 6.04 Å². The first-order valence-corrected chi connectivity index (χ1v) is 10.5. The lowest BCUT2D eigenvalue weighted by molar-refractivity contribution is -0.159. The van der Waals surface area contributed by atoms with Crippen molar-refractivity contribution in [3.63, 3.8) is 0 Å². The van der Waals surface area contributed by atoms with Crippen molar-refractivity contribution in [2.45, 2.75) is 26.3 Å². The maximum Gasteiger partial charge on any atom is 0.327 e. The number of benzene rings is 2. The number of hydrogen-bond donors (Lipinski definition) is 2. The minimum Gasteiger partial charge on any atom is -0.480 e. The average molecular weight is 452 g/mol. The lowest BCUT2D eigenvalue weighted by atomic mass is 9.94. The highest BCUT2D eigenvalue weighted by Crippen LogP contribution is 2.26. The molecule has 0 unspecified atom stereocenters. The number of aliphatic carboxylic acids is 1. The molecule has 0 bridgehead atoms. The number of ether oxygens (including phenoxy) is 2. The number of nitrogens with zero attached hydrogens (tertiary/aromatic N) is 1. The van der Waals surface area contributed by atoms with E-state index in [2.05, 4.69) is 10.3 Å². The second kappa shape index (κ2) is 10.5. The predicted molar refractivity (Wildman–Crippen MR) is 120 cm³/mol. The zero-order valence-electron chi connectivity index (χ0n) is 18.2. The van der Waals surface area contributed by atoms with Crippen LogP contribution in [0.3, 0.4) is 0 Å². The van der Waals surface area contributed by atoms with E-state index in [1.807, 2.05) is 0 Å². The third-order valence-corrected chi connectivity index (χ3v) is 5.05. The molecular formula is C24H24N2O7. The van der Waals surface area contributed by atoms with Crippen LogP contribution in [0, 0.1) is 5.92 Å². The lowest BCUT2D eigenvalue weighted by Crippen LogP contribution is -2.49. The Morgan fingerprint density at radius 3 is 1.97 bits per heavy atom. The summed E-state index contributed by atoms with van der Waals surface area (Å²) in [5.74, 6) is -5.34. The molecule has 3 aromatic rings. The molecule has 0 fully saturated rings. The van der Waals surface area contributed by atoms with Crippen LogP contribution in [0.4, 0.5) is 0 Å². The van der Waals surface area contributed by atoms with Crippen LogP contribution >= 0.6 is 0 Å². The number of nitrogens with one attached hydrogen (secondary N) is 1. The van der Waals surface area contributed by atoms with Crippen LogP contribution in [0.5, 0.6) is 0 Å². The molecule has 172 valence electrons.